The number of carbonyl (C=O) groups excluding carboxylic acids is 1. The molecular formula is C12H15N3OS2. The molecule has 2 rings (SSSR count). The molecule has 0 radical (unpaired) electrons. The number of aromatic nitrogens is 1. The third kappa shape index (κ3) is 3.82. The van der Waals surface area contributed by atoms with Crippen molar-refractivity contribution < 1.29 is 4.79 Å². The largest absolute Gasteiger partial charge is 0.334 e. The molecule has 0 saturated heterocycles. The van der Waals surface area contributed by atoms with Gasteiger partial charge in [-0.1, -0.05) is 6.92 Å². The summed E-state index contributed by atoms with van der Waals surface area (Å²) in [7, 11) is 0. The first-order valence-corrected chi connectivity index (χ1v) is 7.56. The predicted octanol–water partition coefficient (Wildman–Crippen LogP) is 2.77. The van der Waals surface area contributed by atoms with Gasteiger partial charge in [0.1, 0.15) is 0 Å². The van der Waals surface area contributed by atoms with Crippen LogP contribution in [-0.4, -0.2) is 11.0 Å². The van der Waals surface area contributed by atoms with E-state index in [1.54, 1.807) is 22.7 Å². The molecular weight excluding hydrogens is 266 g/mol. The Morgan fingerprint density at radius 1 is 1.33 bits per heavy atom. The van der Waals surface area contributed by atoms with Crippen LogP contribution in [0.1, 0.15) is 23.2 Å². The fraction of sp³-hybridized carbons (Fsp3) is 0.333. The SMILES string of the molecule is CCc1nc(CNC(=O)NCc2ccsc2)cs1. The van der Waals surface area contributed by atoms with Crippen LogP contribution in [0.15, 0.2) is 22.2 Å². The van der Waals surface area contributed by atoms with E-state index in [4.69, 9.17) is 0 Å². The average molecular weight is 281 g/mol. The number of urea groups is 1. The molecule has 0 aliphatic carbocycles. The molecule has 0 saturated carbocycles. The summed E-state index contributed by atoms with van der Waals surface area (Å²) < 4.78 is 0. The van der Waals surface area contributed by atoms with Crippen molar-refractivity contribution in [3.05, 3.63) is 38.5 Å². The van der Waals surface area contributed by atoms with E-state index in [1.165, 1.54) is 0 Å². The smallest absolute Gasteiger partial charge is 0.315 e. The standard InChI is InChI=1S/C12H15N3OS2/c1-2-11-15-10(8-18-11)6-14-12(16)13-5-9-3-4-17-7-9/h3-4,7-8H,2,5-6H2,1H3,(H2,13,14,16). The third-order valence-electron chi connectivity index (χ3n) is 2.36. The van der Waals surface area contributed by atoms with Crippen LogP contribution in [0.25, 0.3) is 0 Å². The van der Waals surface area contributed by atoms with Gasteiger partial charge >= 0.3 is 6.03 Å². The first-order valence-electron chi connectivity index (χ1n) is 5.74. The lowest BCUT2D eigenvalue weighted by molar-refractivity contribution is 0.240. The molecule has 0 aliphatic heterocycles. The van der Waals surface area contributed by atoms with Gasteiger partial charge < -0.3 is 10.6 Å². The molecule has 18 heavy (non-hydrogen) atoms. The quantitative estimate of drug-likeness (QED) is 0.885. The van der Waals surface area contributed by atoms with Crippen molar-refractivity contribution in [3.63, 3.8) is 0 Å². The van der Waals surface area contributed by atoms with Crippen LogP contribution in [0.4, 0.5) is 4.79 Å². The van der Waals surface area contributed by atoms with E-state index in [0.29, 0.717) is 13.1 Å². The monoisotopic (exact) mass is 281 g/mol. The van der Waals surface area contributed by atoms with Gasteiger partial charge in [-0.05, 0) is 28.8 Å². The van der Waals surface area contributed by atoms with Crippen molar-refractivity contribution in [2.75, 3.05) is 0 Å². The highest BCUT2D eigenvalue weighted by atomic mass is 32.1. The zero-order valence-electron chi connectivity index (χ0n) is 10.1. The summed E-state index contributed by atoms with van der Waals surface area (Å²) in [6, 6.07) is 1.84. The van der Waals surface area contributed by atoms with Gasteiger partial charge in [0, 0.05) is 11.9 Å². The van der Waals surface area contributed by atoms with Crippen LogP contribution in [-0.2, 0) is 19.5 Å². The number of aryl methyl sites for hydroxylation is 1. The lowest BCUT2D eigenvalue weighted by atomic mass is 10.3. The normalized spacial score (nSPS) is 10.3. The second-order valence-corrected chi connectivity index (χ2v) is 5.48. The van der Waals surface area contributed by atoms with Crippen molar-refractivity contribution in [1.82, 2.24) is 15.6 Å². The van der Waals surface area contributed by atoms with Gasteiger partial charge in [0.15, 0.2) is 0 Å². The Morgan fingerprint density at radius 2 is 2.17 bits per heavy atom. The Bertz CT molecular complexity index is 493. The van der Waals surface area contributed by atoms with Gasteiger partial charge in [-0.3, -0.25) is 0 Å². The summed E-state index contributed by atoms with van der Waals surface area (Å²) >= 11 is 3.26. The van der Waals surface area contributed by atoms with Crippen molar-refractivity contribution in [2.24, 2.45) is 0 Å². The molecule has 4 nitrogen and oxygen atoms in total. The molecule has 2 aromatic rings. The lowest BCUT2D eigenvalue weighted by Crippen LogP contribution is -2.34. The van der Waals surface area contributed by atoms with Gasteiger partial charge in [0.05, 0.1) is 17.2 Å². The van der Waals surface area contributed by atoms with E-state index >= 15 is 0 Å². The lowest BCUT2D eigenvalue weighted by Gasteiger charge is -2.05. The molecule has 2 aromatic heterocycles. The fourth-order valence-corrected chi connectivity index (χ4v) is 2.81. The summed E-state index contributed by atoms with van der Waals surface area (Å²) in [5, 5.41) is 12.7. The molecule has 96 valence electrons. The Kier molecular flexibility index (Phi) is 4.72. The maximum Gasteiger partial charge on any atom is 0.315 e. The van der Waals surface area contributed by atoms with Gasteiger partial charge in [0.25, 0.3) is 0 Å². The number of thiazole rings is 1. The van der Waals surface area contributed by atoms with Crippen molar-refractivity contribution in [2.45, 2.75) is 26.4 Å². The number of rotatable bonds is 5. The number of hydrogen-bond donors (Lipinski definition) is 2. The van der Waals surface area contributed by atoms with E-state index in [9.17, 15) is 4.79 Å². The first-order chi connectivity index (χ1) is 8.78. The Labute approximate surface area is 114 Å². The summed E-state index contributed by atoms with van der Waals surface area (Å²) in [4.78, 5) is 15.9. The van der Waals surface area contributed by atoms with E-state index in [1.807, 2.05) is 22.2 Å². The molecule has 0 fully saturated rings. The van der Waals surface area contributed by atoms with Gasteiger partial charge in [-0.15, -0.1) is 11.3 Å². The van der Waals surface area contributed by atoms with Crippen LogP contribution in [0.5, 0.6) is 0 Å². The van der Waals surface area contributed by atoms with Gasteiger partial charge in [-0.25, -0.2) is 9.78 Å². The first kappa shape index (κ1) is 13.0. The van der Waals surface area contributed by atoms with E-state index in [0.717, 1.165) is 22.7 Å². The highest BCUT2D eigenvalue weighted by Gasteiger charge is 2.03. The van der Waals surface area contributed by atoms with E-state index in [2.05, 4.69) is 22.5 Å². The number of carbonyl (C=O) groups is 1. The minimum absolute atomic E-state index is 0.160. The molecule has 0 aromatic carbocycles. The van der Waals surface area contributed by atoms with Crippen LogP contribution < -0.4 is 10.6 Å². The number of hydrogen-bond acceptors (Lipinski definition) is 4. The molecule has 2 N–H and O–H groups in total. The predicted molar refractivity (Wildman–Crippen MR) is 74.9 cm³/mol. The Hall–Kier alpha value is -1.40. The highest BCUT2D eigenvalue weighted by Crippen LogP contribution is 2.09. The maximum absolute atomic E-state index is 11.5. The van der Waals surface area contributed by atoms with Gasteiger partial charge in [-0.2, -0.15) is 11.3 Å². The van der Waals surface area contributed by atoms with Crippen LogP contribution in [0, 0.1) is 0 Å². The summed E-state index contributed by atoms with van der Waals surface area (Å²) in [5.74, 6) is 0. The molecule has 2 amide bonds. The number of nitrogens with one attached hydrogen (secondary N) is 2. The second kappa shape index (κ2) is 6.51. The minimum atomic E-state index is -0.160. The summed E-state index contributed by atoms with van der Waals surface area (Å²) in [6.07, 6.45) is 0.940. The van der Waals surface area contributed by atoms with E-state index in [-0.39, 0.29) is 6.03 Å². The summed E-state index contributed by atoms with van der Waals surface area (Å²) in [5.41, 5.74) is 2.04. The summed E-state index contributed by atoms with van der Waals surface area (Å²) in [6.45, 7) is 3.11. The number of nitrogens with zero attached hydrogens (tertiary/aromatic N) is 1. The fourth-order valence-electron chi connectivity index (χ4n) is 1.40. The molecule has 0 bridgehead atoms. The molecule has 0 aliphatic rings. The van der Waals surface area contributed by atoms with Crippen LogP contribution in [0.2, 0.25) is 0 Å². The molecule has 0 atom stereocenters. The maximum atomic E-state index is 11.5. The Balaban J connectivity index is 1.71. The highest BCUT2D eigenvalue weighted by molar-refractivity contribution is 7.09. The van der Waals surface area contributed by atoms with Crippen LogP contribution >= 0.6 is 22.7 Å². The topological polar surface area (TPSA) is 54.0 Å². The van der Waals surface area contributed by atoms with Crippen molar-refractivity contribution >= 4 is 28.7 Å². The number of amides is 2. The van der Waals surface area contributed by atoms with Crippen molar-refractivity contribution in [3.8, 4) is 0 Å². The second-order valence-electron chi connectivity index (χ2n) is 3.75. The zero-order chi connectivity index (χ0) is 12.8. The van der Waals surface area contributed by atoms with Crippen LogP contribution in [0.3, 0.4) is 0 Å². The minimum Gasteiger partial charge on any atom is -0.334 e. The third-order valence-corrected chi connectivity index (χ3v) is 4.14. The zero-order valence-corrected chi connectivity index (χ0v) is 11.7. The molecule has 2 heterocycles. The number of thiophene rings is 1. The average Bonchev–Trinajstić information content (AvgIpc) is 3.04. The van der Waals surface area contributed by atoms with Gasteiger partial charge in [0.2, 0.25) is 0 Å². The van der Waals surface area contributed by atoms with E-state index < -0.39 is 0 Å². The molecule has 0 spiro atoms. The molecule has 6 heteroatoms. The molecule has 0 unspecified atom stereocenters. The van der Waals surface area contributed by atoms with Crippen molar-refractivity contribution in [1.29, 1.82) is 0 Å². The Morgan fingerprint density at radius 3 is 2.83 bits per heavy atom.